The quantitative estimate of drug-likeness (QED) is 0.425. The molecule has 0 aliphatic rings. The minimum absolute atomic E-state index is 0.507. The SMILES string of the molecule is N=C(C=CN)C(=O)O. The van der Waals surface area contributed by atoms with Crippen molar-refractivity contribution in [1.29, 1.82) is 5.41 Å². The van der Waals surface area contributed by atoms with Crippen LogP contribution >= 0.6 is 0 Å². The van der Waals surface area contributed by atoms with Crippen molar-refractivity contribution in [2.75, 3.05) is 0 Å². The highest BCUT2D eigenvalue weighted by Crippen LogP contribution is 1.72. The topological polar surface area (TPSA) is 87.2 Å². The summed E-state index contributed by atoms with van der Waals surface area (Å²) < 4.78 is 0. The van der Waals surface area contributed by atoms with Gasteiger partial charge in [-0.3, -0.25) is 5.41 Å². The Hall–Kier alpha value is -1.32. The third-order valence-corrected chi connectivity index (χ3v) is 0.493. The number of carbonyl (C=O) groups is 1. The fraction of sp³-hybridized carbons (Fsp3) is 0. The Morgan fingerprint density at radius 1 is 1.75 bits per heavy atom. The summed E-state index contributed by atoms with van der Waals surface area (Å²) >= 11 is 0. The molecule has 0 aromatic carbocycles. The van der Waals surface area contributed by atoms with Crippen LogP contribution in [0.25, 0.3) is 0 Å². The molecule has 0 heterocycles. The molecular weight excluding hydrogens is 108 g/mol. The van der Waals surface area contributed by atoms with Gasteiger partial charge < -0.3 is 10.8 Å². The van der Waals surface area contributed by atoms with Gasteiger partial charge in [0.15, 0.2) is 0 Å². The van der Waals surface area contributed by atoms with E-state index >= 15 is 0 Å². The molecule has 0 aliphatic heterocycles. The average Bonchev–Trinajstić information content (AvgIpc) is 1.67. The Kier molecular flexibility index (Phi) is 2.33. The number of carboxylic acids is 1. The summed E-state index contributed by atoms with van der Waals surface area (Å²) in [4.78, 5) is 9.76. The minimum Gasteiger partial charge on any atom is -0.477 e. The molecule has 4 N–H and O–H groups in total. The zero-order valence-electron chi connectivity index (χ0n) is 4.09. The molecule has 0 saturated carbocycles. The molecule has 0 unspecified atom stereocenters. The average molecular weight is 114 g/mol. The van der Waals surface area contributed by atoms with E-state index < -0.39 is 11.7 Å². The predicted molar refractivity (Wildman–Crippen MR) is 28.7 cm³/mol. The summed E-state index contributed by atoms with van der Waals surface area (Å²) in [6.07, 6.45) is 2.01. The largest absolute Gasteiger partial charge is 0.477 e. The lowest BCUT2D eigenvalue weighted by molar-refractivity contribution is -0.129. The van der Waals surface area contributed by atoms with Gasteiger partial charge >= 0.3 is 5.97 Å². The Balaban J connectivity index is 3.85. The first kappa shape index (κ1) is 6.68. The molecule has 44 valence electrons. The zero-order chi connectivity index (χ0) is 6.57. The molecule has 0 fully saturated rings. The highest BCUT2D eigenvalue weighted by atomic mass is 16.4. The van der Waals surface area contributed by atoms with Crippen LogP contribution in [0, 0.1) is 5.41 Å². The maximum absolute atomic E-state index is 9.76. The van der Waals surface area contributed by atoms with E-state index in [1.165, 1.54) is 0 Å². The van der Waals surface area contributed by atoms with Crippen molar-refractivity contribution < 1.29 is 9.90 Å². The van der Waals surface area contributed by atoms with Gasteiger partial charge in [0.05, 0.1) is 0 Å². The molecule has 0 atom stereocenters. The maximum Gasteiger partial charge on any atom is 0.353 e. The maximum atomic E-state index is 9.76. The van der Waals surface area contributed by atoms with Crippen LogP contribution in [0.15, 0.2) is 12.3 Å². The second kappa shape index (κ2) is 2.79. The number of hydrogen-bond acceptors (Lipinski definition) is 3. The lowest BCUT2D eigenvalue weighted by Crippen LogP contribution is -2.07. The number of hydrogen-bond donors (Lipinski definition) is 3. The van der Waals surface area contributed by atoms with E-state index in [-0.39, 0.29) is 0 Å². The van der Waals surface area contributed by atoms with E-state index in [2.05, 4.69) is 0 Å². The first-order valence-corrected chi connectivity index (χ1v) is 1.88. The minimum atomic E-state index is -1.27. The van der Waals surface area contributed by atoms with Crippen LogP contribution in [-0.2, 0) is 4.79 Å². The van der Waals surface area contributed by atoms with Crippen molar-refractivity contribution in [3.63, 3.8) is 0 Å². The summed E-state index contributed by atoms with van der Waals surface area (Å²) in [5, 5.41) is 14.6. The normalized spacial score (nSPS) is 9.50. The van der Waals surface area contributed by atoms with Gasteiger partial charge in [-0.05, 0) is 12.3 Å². The number of carboxylic acid groups (broad SMARTS) is 1. The van der Waals surface area contributed by atoms with Crippen molar-refractivity contribution >= 4 is 11.7 Å². The first-order valence-electron chi connectivity index (χ1n) is 1.88. The molecule has 0 rings (SSSR count). The van der Waals surface area contributed by atoms with Crippen LogP contribution in [0.4, 0.5) is 0 Å². The van der Waals surface area contributed by atoms with Crippen LogP contribution in [0.1, 0.15) is 0 Å². The van der Waals surface area contributed by atoms with Gasteiger partial charge in [0.1, 0.15) is 5.71 Å². The van der Waals surface area contributed by atoms with Crippen LogP contribution in [0.5, 0.6) is 0 Å². The van der Waals surface area contributed by atoms with Crippen molar-refractivity contribution in [1.82, 2.24) is 0 Å². The highest BCUT2D eigenvalue weighted by Gasteiger charge is 1.98. The summed E-state index contributed by atoms with van der Waals surface area (Å²) in [6.45, 7) is 0. The fourth-order valence-corrected chi connectivity index (χ4v) is 0.168. The van der Waals surface area contributed by atoms with E-state index in [0.717, 1.165) is 12.3 Å². The van der Waals surface area contributed by atoms with Gasteiger partial charge in [-0.25, -0.2) is 4.79 Å². The van der Waals surface area contributed by atoms with E-state index in [0.29, 0.717) is 0 Å². The molecule has 0 spiro atoms. The van der Waals surface area contributed by atoms with E-state index in [4.69, 9.17) is 16.2 Å². The molecular formula is C4H6N2O2. The van der Waals surface area contributed by atoms with Crippen molar-refractivity contribution in [3.05, 3.63) is 12.3 Å². The van der Waals surface area contributed by atoms with Gasteiger partial charge in [0.25, 0.3) is 0 Å². The molecule has 4 heteroatoms. The Morgan fingerprint density at radius 3 is 2.38 bits per heavy atom. The Morgan fingerprint density at radius 2 is 2.25 bits per heavy atom. The second-order valence-corrected chi connectivity index (χ2v) is 1.08. The molecule has 0 saturated heterocycles. The second-order valence-electron chi connectivity index (χ2n) is 1.08. The first-order chi connectivity index (χ1) is 3.68. The van der Waals surface area contributed by atoms with Gasteiger partial charge in [-0.1, -0.05) is 0 Å². The third-order valence-electron chi connectivity index (χ3n) is 0.493. The van der Waals surface area contributed by atoms with E-state index in [1.54, 1.807) is 0 Å². The zero-order valence-corrected chi connectivity index (χ0v) is 4.09. The Bertz CT molecular complexity index is 139. The lowest BCUT2D eigenvalue weighted by atomic mass is 10.4. The van der Waals surface area contributed by atoms with Crippen LogP contribution in [-0.4, -0.2) is 16.8 Å². The standard InChI is InChI=1S/C4H6N2O2/c5-2-1-3(6)4(7)8/h1-2,6H,5H2,(H,7,8). The van der Waals surface area contributed by atoms with Gasteiger partial charge in [-0.15, -0.1) is 0 Å². The number of aliphatic carboxylic acids is 1. The van der Waals surface area contributed by atoms with Crippen molar-refractivity contribution in [2.45, 2.75) is 0 Å². The fourth-order valence-electron chi connectivity index (χ4n) is 0.168. The lowest BCUT2D eigenvalue weighted by Gasteiger charge is -1.82. The van der Waals surface area contributed by atoms with Crippen molar-refractivity contribution in [2.24, 2.45) is 5.73 Å². The van der Waals surface area contributed by atoms with Crippen molar-refractivity contribution in [3.8, 4) is 0 Å². The van der Waals surface area contributed by atoms with Gasteiger partial charge in [0, 0.05) is 0 Å². The molecule has 4 nitrogen and oxygen atoms in total. The molecule has 0 aromatic heterocycles. The third kappa shape index (κ3) is 1.96. The van der Waals surface area contributed by atoms with Gasteiger partial charge in [0.2, 0.25) is 0 Å². The molecule has 0 amide bonds. The number of nitrogens with two attached hydrogens (primary N) is 1. The van der Waals surface area contributed by atoms with Gasteiger partial charge in [-0.2, -0.15) is 0 Å². The van der Waals surface area contributed by atoms with Crippen LogP contribution in [0.3, 0.4) is 0 Å². The summed E-state index contributed by atoms with van der Waals surface area (Å²) in [5.74, 6) is -1.27. The van der Waals surface area contributed by atoms with E-state index in [9.17, 15) is 4.79 Å². The number of rotatable bonds is 2. The summed E-state index contributed by atoms with van der Waals surface area (Å²) in [5.41, 5.74) is 4.28. The summed E-state index contributed by atoms with van der Waals surface area (Å²) in [6, 6.07) is 0. The molecule has 0 bridgehead atoms. The number of nitrogens with one attached hydrogen (secondary N) is 1. The Labute approximate surface area is 46.1 Å². The molecule has 8 heavy (non-hydrogen) atoms. The van der Waals surface area contributed by atoms with E-state index in [1.807, 2.05) is 0 Å². The van der Waals surface area contributed by atoms with Crippen LogP contribution in [0.2, 0.25) is 0 Å². The molecule has 0 radical (unpaired) electrons. The molecule has 0 aliphatic carbocycles. The molecule has 0 aromatic rings. The smallest absolute Gasteiger partial charge is 0.353 e. The summed E-state index contributed by atoms with van der Waals surface area (Å²) in [7, 11) is 0. The monoisotopic (exact) mass is 114 g/mol. The predicted octanol–water partition coefficient (Wildman–Crippen LogP) is -0.437. The highest BCUT2D eigenvalue weighted by molar-refractivity contribution is 6.38. The van der Waals surface area contributed by atoms with Crippen LogP contribution < -0.4 is 5.73 Å².